The summed E-state index contributed by atoms with van der Waals surface area (Å²) in [5.74, 6) is 1.84. The van der Waals surface area contributed by atoms with E-state index in [1.54, 1.807) is 26.2 Å². The molecule has 1 saturated heterocycles. The van der Waals surface area contributed by atoms with E-state index < -0.39 is 0 Å². The molecule has 0 radical (unpaired) electrons. The first-order chi connectivity index (χ1) is 15.6. The molecule has 2 aromatic carbocycles. The Hall–Kier alpha value is -3.15. The van der Waals surface area contributed by atoms with Gasteiger partial charge in [-0.1, -0.05) is 42.1 Å². The van der Waals surface area contributed by atoms with Crippen molar-refractivity contribution in [1.29, 1.82) is 5.26 Å². The summed E-state index contributed by atoms with van der Waals surface area (Å²) in [6.07, 6.45) is 0.213. The summed E-state index contributed by atoms with van der Waals surface area (Å²) >= 11 is 1.54. The number of ether oxygens (including phenoxy) is 3. The van der Waals surface area contributed by atoms with Gasteiger partial charge in [0.05, 0.1) is 50.5 Å². The molecule has 0 unspecified atom stereocenters. The van der Waals surface area contributed by atoms with Crippen LogP contribution in [0.15, 0.2) is 53.1 Å². The Balaban J connectivity index is 1.65. The average Bonchev–Trinajstić information content (AvgIpc) is 2.83. The van der Waals surface area contributed by atoms with Crippen molar-refractivity contribution in [2.24, 2.45) is 0 Å². The van der Waals surface area contributed by atoms with E-state index in [2.05, 4.69) is 23.1 Å². The fourth-order valence-corrected chi connectivity index (χ4v) is 5.27. The molecule has 0 aliphatic carbocycles. The maximum absolute atomic E-state index is 13.2. The van der Waals surface area contributed by atoms with Crippen LogP contribution >= 0.6 is 11.8 Å². The molecule has 166 valence electrons. The topological polar surface area (TPSA) is 75.0 Å². The van der Waals surface area contributed by atoms with Gasteiger partial charge >= 0.3 is 0 Å². The molecule has 0 aromatic heterocycles. The van der Waals surface area contributed by atoms with Crippen LogP contribution in [0, 0.1) is 11.3 Å². The van der Waals surface area contributed by atoms with Gasteiger partial charge in [-0.15, -0.1) is 0 Å². The number of methoxy groups -OCH3 is 3. The van der Waals surface area contributed by atoms with Crippen LogP contribution in [0.5, 0.6) is 17.2 Å². The second-order valence-electron chi connectivity index (χ2n) is 7.60. The highest BCUT2D eigenvalue weighted by atomic mass is 32.2. The van der Waals surface area contributed by atoms with Gasteiger partial charge in [0.2, 0.25) is 11.7 Å². The summed E-state index contributed by atoms with van der Waals surface area (Å²) in [4.78, 5) is 17.1. The maximum atomic E-state index is 13.2. The first kappa shape index (κ1) is 22.1. The van der Waals surface area contributed by atoms with E-state index >= 15 is 0 Å². The minimum atomic E-state index is -0.361. The zero-order valence-electron chi connectivity index (χ0n) is 18.3. The number of thioether (sulfide) groups is 1. The Bertz CT molecular complexity index is 1060. The molecular weight excluding hydrogens is 426 g/mol. The molecular formula is C24H25N3O4S. The number of amides is 1. The van der Waals surface area contributed by atoms with Crippen molar-refractivity contribution in [3.63, 3.8) is 0 Å². The van der Waals surface area contributed by atoms with Crippen LogP contribution in [0.2, 0.25) is 0 Å². The van der Waals surface area contributed by atoms with Gasteiger partial charge in [0.15, 0.2) is 11.5 Å². The summed E-state index contributed by atoms with van der Waals surface area (Å²) in [6.45, 7) is 1.23. The lowest BCUT2D eigenvalue weighted by molar-refractivity contribution is -0.131. The van der Waals surface area contributed by atoms with Crippen molar-refractivity contribution < 1.29 is 19.0 Å². The molecule has 2 aromatic rings. The fraction of sp³-hybridized carbons (Fsp3) is 0.333. The lowest BCUT2D eigenvalue weighted by Crippen LogP contribution is -2.46. The summed E-state index contributed by atoms with van der Waals surface area (Å²) in [5.41, 5.74) is 2.59. The number of carbonyl (C=O) groups excluding carboxylic acids is 1. The van der Waals surface area contributed by atoms with Crippen LogP contribution in [-0.2, 0) is 11.3 Å². The van der Waals surface area contributed by atoms with Gasteiger partial charge in [-0.25, -0.2) is 0 Å². The van der Waals surface area contributed by atoms with E-state index in [9.17, 15) is 10.1 Å². The van der Waals surface area contributed by atoms with Gasteiger partial charge < -0.3 is 14.2 Å². The number of rotatable bonds is 6. The number of allylic oxidation sites excluding steroid dienone is 1. The van der Waals surface area contributed by atoms with E-state index in [1.165, 1.54) is 17.3 Å². The number of hydrogen-bond donors (Lipinski definition) is 0. The summed E-state index contributed by atoms with van der Waals surface area (Å²) < 4.78 is 16.4. The first-order valence-electron chi connectivity index (χ1n) is 10.2. The molecule has 0 bridgehead atoms. The number of fused-ring (bicyclic) bond motifs is 1. The molecule has 1 amide bonds. The van der Waals surface area contributed by atoms with Crippen molar-refractivity contribution in [3.8, 4) is 23.3 Å². The number of hydrogen-bond acceptors (Lipinski definition) is 7. The highest BCUT2D eigenvalue weighted by Crippen LogP contribution is 2.46. The second kappa shape index (κ2) is 9.55. The zero-order valence-corrected chi connectivity index (χ0v) is 19.1. The van der Waals surface area contributed by atoms with E-state index in [1.807, 2.05) is 30.3 Å². The smallest absolute Gasteiger partial charge is 0.229 e. The molecule has 4 rings (SSSR count). The zero-order chi connectivity index (χ0) is 22.7. The number of nitriles is 1. The Morgan fingerprint density at radius 2 is 1.78 bits per heavy atom. The van der Waals surface area contributed by atoms with Gasteiger partial charge in [0, 0.05) is 18.9 Å². The van der Waals surface area contributed by atoms with Crippen LogP contribution in [0.25, 0.3) is 0 Å². The number of benzene rings is 2. The molecule has 32 heavy (non-hydrogen) atoms. The van der Waals surface area contributed by atoms with E-state index in [-0.39, 0.29) is 18.2 Å². The third-order valence-electron chi connectivity index (χ3n) is 5.69. The third kappa shape index (κ3) is 4.14. The predicted molar refractivity (Wildman–Crippen MR) is 122 cm³/mol. The van der Waals surface area contributed by atoms with E-state index in [0.717, 1.165) is 17.1 Å². The van der Waals surface area contributed by atoms with Crippen molar-refractivity contribution in [2.45, 2.75) is 18.9 Å². The Labute approximate surface area is 192 Å². The fourth-order valence-electron chi connectivity index (χ4n) is 4.14. The quantitative estimate of drug-likeness (QED) is 0.659. The number of nitrogens with zero attached hydrogens (tertiary/aromatic N) is 3. The summed E-state index contributed by atoms with van der Waals surface area (Å²) in [7, 11) is 4.65. The second-order valence-corrected chi connectivity index (χ2v) is 8.53. The van der Waals surface area contributed by atoms with Gasteiger partial charge in [-0.05, 0) is 23.3 Å². The third-order valence-corrected chi connectivity index (χ3v) is 6.90. The van der Waals surface area contributed by atoms with Gasteiger partial charge in [0.25, 0.3) is 0 Å². The summed E-state index contributed by atoms with van der Waals surface area (Å²) in [6, 6.07) is 16.2. The highest BCUT2D eigenvalue weighted by Gasteiger charge is 2.38. The van der Waals surface area contributed by atoms with Crippen LogP contribution in [0.4, 0.5) is 0 Å². The maximum Gasteiger partial charge on any atom is 0.229 e. The van der Waals surface area contributed by atoms with Crippen LogP contribution in [-0.4, -0.2) is 49.6 Å². The number of carbonyl (C=O) groups is 1. The molecule has 2 aliphatic rings. The Kier molecular flexibility index (Phi) is 6.58. The molecule has 2 aliphatic heterocycles. The first-order valence-corrected chi connectivity index (χ1v) is 11.2. The molecule has 0 N–H and O–H groups in total. The van der Waals surface area contributed by atoms with Gasteiger partial charge in [-0.2, -0.15) is 5.26 Å². The Morgan fingerprint density at radius 1 is 1.09 bits per heavy atom. The average molecular weight is 452 g/mol. The monoisotopic (exact) mass is 451 g/mol. The molecule has 0 spiro atoms. The van der Waals surface area contributed by atoms with Crippen LogP contribution in [0.1, 0.15) is 23.5 Å². The highest BCUT2D eigenvalue weighted by molar-refractivity contribution is 8.03. The molecule has 0 saturated carbocycles. The normalized spacial score (nSPS) is 18.8. The van der Waals surface area contributed by atoms with Crippen LogP contribution in [0.3, 0.4) is 0 Å². The largest absolute Gasteiger partial charge is 0.493 e. The van der Waals surface area contributed by atoms with E-state index in [0.29, 0.717) is 35.4 Å². The van der Waals surface area contributed by atoms with Gasteiger partial charge in [-0.3, -0.25) is 14.6 Å². The minimum absolute atomic E-state index is 0.00279. The molecule has 1 fully saturated rings. The Morgan fingerprint density at radius 3 is 2.38 bits per heavy atom. The summed E-state index contributed by atoms with van der Waals surface area (Å²) in [5, 5.41) is 10.8. The van der Waals surface area contributed by atoms with Crippen molar-refractivity contribution in [2.75, 3.05) is 33.9 Å². The van der Waals surface area contributed by atoms with Crippen molar-refractivity contribution >= 4 is 17.7 Å². The van der Waals surface area contributed by atoms with E-state index in [4.69, 9.17) is 14.2 Å². The molecule has 1 atom stereocenters. The lowest BCUT2D eigenvalue weighted by atomic mass is 9.86. The molecule has 8 heteroatoms. The van der Waals surface area contributed by atoms with Crippen LogP contribution < -0.4 is 14.2 Å². The van der Waals surface area contributed by atoms with Gasteiger partial charge in [0.1, 0.15) is 0 Å². The minimum Gasteiger partial charge on any atom is -0.493 e. The standard InChI is InChI=1S/C24H25N3O4S/c1-29-20-9-17(10-21(30-2)23(20)31-3)18-11-22(28)27-14-26(13-16-7-5-4-6-8-16)15-32-24(27)19(18)12-25/h4-10,18H,11,13-15H2,1-3H3/t18-/m1/s1. The molecule has 2 heterocycles. The predicted octanol–water partition coefficient (Wildman–Crippen LogP) is 3.93. The SMILES string of the molecule is COc1cc([C@H]2CC(=O)N3CN(Cc4ccccc4)CSC3=C2C#N)cc(OC)c1OC. The van der Waals surface area contributed by atoms with Crippen molar-refractivity contribution in [1.82, 2.24) is 9.80 Å². The lowest BCUT2D eigenvalue weighted by Gasteiger charge is -2.41. The van der Waals surface area contributed by atoms with Crippen molar-refractivity contribution in [3.05, 3.63) is 64.2 Å². The molecule has 7 nitrogen and oxygen atoms in total.